The van der Waals surface area contributed by atoms with Gasteiger partial charge < -0.3 is 19.9 Å². The molecular formula is C22H27ClN2O6S. The number of carbonyl (C=O) groups is 1. The first-order valence-corrected chi connectivity index (χ1v) is 12.1. The number of aliphatic hydroxyl groups excluding tert-OH is 1. The summed E-state index contributed by atoms with van der Waals surface area (Å²) < 4.78 is 39.0. The number of hydrogen-bond donors (Lipinski definition) is 3. The quantitative estimate of drug-likeness (QED) is 0.505. The predicted molar refractivity (Wildman–Crippen MR) is 120 cm³/mol. The lowest BCUT2D eigenvalue weighted by Crippen LogP contribution is -2.51. The van der Waals surface area contributed by atoms with Gasteiger partial charge in [0.05, 0.1) is 43.3 Å². The largest absolute Gasteiger partial charge is 0.497 e. The predicted octanol–water partition coefficient (Wildman–Crippen LogP) is 2.24. The summed E-state index contributed by atoms with van der Waals surface area (Å²) in [5, 5.41) is 13.2. The normalized spacial score (nSPS) is 21.2. The molecule has 0 saturated carbocycles. The molecule has 1 saturated heterocycles. The molecule has 0 spiro atoms. The summed E-state index contributed by atoms with van der Waals surface area (Å²) in [5.74, 6) is 0.244. The minimum atomic E-state index is -3.83. The van der Waals surface area contributed by atoms with E-state index in [9.17, 15) is 18.3 Å². The van der Waals surface area contributed by atoms with Crippen molar-refractivity contribution in [3.63, 3.8) is 0 Å². The number of sulfonamides is 1. The van der Waals surface area contributed by atoms with Crippen LogP contribution in [-0.2, 0) is 26.1 Å². The second-order valence-corrected chi connectivity index (χ2v) is 9.72. The van der Waals surface area contributed by atoms with Gasteiger partial charge in [0.25, 0.3) is 0 Å². The monoisotopic (exact) mass is 482 g/mol. The topological polar surface area (TPSA) is 114 Å². The maximum absolute atomic E-state index is 12.8. The fourth-order valence-corrected chi connectivity index (χ4v) is 4.99. The van der Waals surface area contributed by atoms with Crippen LogP contribution in [-0.4, -0.2) is 51.4 Å². The smallest absolute Gasteiger partial charge is 0.241 e. The van der Waals surface area contributed by atoms with E-state index >= 15 is 0 Å². The highest BCUT2D eigenvalue weighted by atomic mass is 35.5. The zero-order valence-corrected chi connectivity index (χ0v) is 19.2. The fourth-order valence-electron chi connectivity index (χ4n) is 3.53. The van der Waals surface area contributed by atoms with E-state index < -0.39 is 28.3 Å². The molecule has 1 aliphatic heterocycles. The van der Waals surface area contributed by atoms with Crippen molar-refractivity contribution in [3.05, 3.63) is 59.1 Å². The zero-order chi connectivity index (χ0) is 23.1. The van der Waals surface area contributed by atoms with Crippen LogP contribution < -0.4 is 14.8 Å². The van der Waals surface area contributed by atoms with Gasteiger partial charge in [0, 0.05) is 17.6 Å². The van der Waals surface area contributed by atoms with E-state index in [1.54, 1.807) is 24.3 Å². The molecule has 1 fully saturated rings. The molecule has 2 aromatic carbocycles. The molecule has 3 N–H and O–H groups in total. The second-order valence-electron chi connectivity index (χ2n) is 7.57. The van der Waals surface area contributed by atoms with Crippen LogP contribution in [0.15, 0.2) is 53.4 Å². The van der Waals surface area contributed by atoms with Gasteiger partial charge >= 0.3 is 0 Å². The van der Waals surface area contributed by atoms with Gasteiger partial charge in [-0.2, -0.15) is 0 Å². The van der Waals surface area contributed by atoms with Crippen LogP contribution in [0.2, 0.25) is 5.02 Å². The number of benzene rings is 2. The van der Waals surface area contributed by atoms with Crippen molar-refractivity contribution in [3.8, 4) is 5.75 Å². The number of rotatable bonds is 9. The Kier molecular flexibility index (Phi) is 8.50. The third kappa shape index (κ3) is 6.66. The van der Waals surface area contributed by atoms with E-state index in [0.29, 0.717) is 30.2 Å². The number of nitrogens with one attached hydrogen (secondary N) is 2. The van der Waals surface area contributed by atoms with Crippen molar-refractivity contribution in [1.29, 1.82) is 0 Å². The molecule has 1 heterocycles. The Morgan fingerprint density at radius 1 is 1.22 bits per heavy atom. The molecular weight excluding hydrogens is 456 g/mol. The minimum absolute atomic E-state index is 0.0669. The number of methoxy groups -OCH3 is 1. The Balaban J connectivity index is 1.53. The van der Waals surface area contributed by atoms with Gasteiger partial charge in [-0.25, -0.2) is 13.1 Å². The molecule has 2 aromatic rings. The van der Waals surface area contributed by atoms with E-state index in [4.69, 9.17) is 21.1 Å². The Morgan fingerprint density at radius 3 is 2.66 bits per heavy atom. The Hall–Kier alpha value is -2.17. The lowest BCUT2D eigenvalue weighted by atomic mass is 9.98. The van der Waals surface area contributed by atoms with E-state index in [2.05, 4.69) is 10.0 Å². The Bertz CT molecular complexity index is 1020. The van der Waals surface area contributed by atoms with Crippen LogP contribution in [0.4, 0.5) is 0 Å². The van der Waals surface area contributed by atoms with Crippen molar-refractivity contribution >= 4 is 27.5 Å². The highest BCUT2D eigenvalue weighted by Gasteiger charge is 2.34. The van der Waals surface area contributed by atoms with E-state index in [0.717, 1.165) is 5.56 Å². The molecule has 1 amide bonds. The number of amides is 1. The highest BCUT2D eigenvalue weighted by molar-refractivity contribution is 7.89. The Morgan fingerprint density at radius 2 is 1.97 bits per heavy atom. The number of ether oxygens (including phenoxy) is 2. The SMILES string of the molecule is COc1cccc(S(=O)(=O)N[C@H]2CC[C@@H](CC(=O)NCc3ccc(Cl)cc3)O[C@H]2CO)c1. The molecule has 8 nitrogen and oxygen atoms in total. The maximum atomic E-state index is 12.8. The summed E-state index contributed by atoms with van der Waals surface area (Å²) in [4.78, 5) is 12.4. The number of carbonyl (C=O) groups excluding carboxylic acids is 1. The van der Waals surface area contributed by atoms with Gasteiger partial charge in [-0.05, 0) is 42.7 Å². The first-order chi connectivity index (χ1) is 15.3. The third-order valence-corrected chi connectivity index (χ3v) is 7.01. The van der Waals surface area contributed by atoms with E-state index in [-0.39, 0.29) is 23.8 Å². The number of hydrogen-bond acceptors (Lipinski definition) is 6. The van der Waals surface area contributed by atoms with Crippen molar-refractivity contribution in [1.82, 2.24) is 10.0 Å². The van der Waals surface area contributed by atoms with Gasteiger partial charge in [-0.3, -0.25) is 4.79 Å². The Labute approximate surface area is 192 Å². The summed E-state index contributed by atoms with van der Waals surface area (Å²) in [6, 6.07) is 12.7. The van der Waals surface area contributed by atoms with Crippen molar-refractivity contribution in [2.45, 2.75) is 49.0 Å². The molecule has 3 rings (SSSR count). The minimum Gasteiger partial charge on any atom is -0.497 e. The first-order valence-electron chi connectivity index (χ1n) is 10.2. The number of halogens is 1. The van der Waals surface area contributed by atoms with Gasteiger partial charge in [0.1, 0.15) is 5.75 Å². The molecule has 10 heteroatoms. The van der Waals surface area contributed by atoms with Crippen LogP contribution in [0.25, 0.3) is 0 Å². The average Bonchev–Trinajstić information content (AvgIpc) is 2.79. The average molecular weight is 483 g/mol. The molecule has 174 valence electrons. The maximum Gasteiger partial charge on any atom is 0.241 e. The van der Waals surface area contributed by atoms with Gasteiger partial charge in [0.2, 0.25) is 15.9 Å². The molecule has 0 aliphatic carbocycles. The zero-order valence-electron chi connectivity index (χ0n) is 17.7. The van der Waals surface area contributed by atoms with Crippen molar-refractivity contribution in [2.75, 3.05) is 13.7 Å². The van der Waals surface area contributed by atoms with Crippen LogP contribution >= 0.6 is 11.6 Å². The van der Waals surface area contributed by atoms with Crippen LogP contribution in [0, 0.1) is 0 Å². The summed E-state index contributed by atoms with van der Waals surface area (Å²) in [7, 11) is -2.37. The molecule has 1 aliphatic rings. The second kappa shape index (κ2) is 11.1. The van der Waals surface area contributed by atoms with E-state index in [1.807, 2.05) is 12.1 Å². The van der Waals surface area contributed by atoms with Crippen molar-refractivity contribution < 1.29 is 27.8 Å². The van der Waals surface area contributed by atoms with Crippen molar-refractivity contribution in [2.24, 2.45) is 0 Å². The van der Waals surface area contributed by atoms with Gasteiger partial charge in [-0.1, -0.05) is 29.8 Å². The molecule has 0 aromatic heterocycles. The standard InChI is InChI=1S/C22H27ClN2O6S/c1-30-17-3-2-4-19(11-17)32(28,29)25-20-10-9-18(31-21(20)14-26)12-22(27)24-13-15-5-7-16(23)8-6-15/h2-8,11,18,20-21,25-26H,9-10,12-14H2,1H3,(H,24,27)/t18-,20-,21-/m0/s1. The molecule has 0 radical (unpaired) electrons. The summed E-state index contributed by atoms with van der Waals surface area (Å²) in [5.41, 5.74) is 0.924. The summed E-state index contributed by atoms with van der Waals surface area (Å²) >= 11 is 5.86. The summed E-state index contributed by atoms with van der Waals surface area (Å²) in [6.45, 7) is 0.00328. The van der Waals surface area contributed by atoms with E-state index in [1.165, 1.54) is 19.2 Å². The van der Waals surface area contributed by atoms with Gasteiger partial charge in [0.15, 0.2) is 0 Å². The lowest BCUT2D eigenvalue weighted by molar-refractivity contribution is -0.130. The highest BCUT2D eigenvalue weighted by Crippen LogP contribution is 2.24. The van der Waals surface area contributed by atoms with Crippen LogP contribution in [0.5, 0.6) is 5.75 Å². The number of aliphatic hydroxyl groups is 1. The first kappa shape index (κ1) is 24.5. The van der Waals surface area contributed by atoms with Crippen LogP contribution in [0.1, 0.15) is 24.8 Å². The molecule has 3 atom stereocenters. The molecule has 32 heavy (non-hydrogen) atoms. The van der Waals surface area contributed by atoms with Crippen LogP contribution in [0.3, 0.4) is 0 Å². The molecule has 0 unspecified atom stereocenters. The van der Waals surface area contributed by atoms with Gasteiger partial charge in [-0.15, -0.1) is 0 Å². The fraction of sp³-hybridized carbons (Fsp3) is 0.409. The lowest BCUT2D eigenvalue weighted by Gasteiger charge is -2.35. The molecule has 0 bridgehead atoms. The summed E-state index contributed by atoms with van der Waals surface area (Å²) in [6.07, 6.45) is -0.118. The third-order valence-electron chi connectivity index (χ3n) is 5.27.